The number of fused-ring (bicyclic) bond motifs is 3. The van der Waals surface area contributed by atoms with Crippen LogP contribution < -0.4 is 0 Å². The Balaban J connectivity index is 1.93. The van der Waals surface area contributed by atoms with Crippen LogP contribution in [0.4, 0.5) is 0 Å². The van der Waals surface area contributed by atoms with Crippen LogP contribution in [0.15, 0.2) is 59.9 Å². The zero-order chi connectivity index (χ0) is 17.4. The van der Waals surface area contributed by atoms with Gasteiger partial charge in [-0.1, -0.05) is 36.4 Å². The number of halogens is 1. The van der Waals surface area contributed by atoms with Crippen molar-refractivity contribution in [2.75, 3.05) is 14.1 Å². The minimum absolute atomic E-state index is 0.203. The lowest BCUT2D eigenvalue weighted by Gasteiger charge is -2.20. The van der Waals surface area contributed by atoms with E-state index < -0.39 is 0 Å². The summed E-state index contributed by atoms with van der Waals surface area (Å²) in [6, 6.07) is 16.4. The first kappa shape index (κ1) is 16.0. The molecule has 1 atom stereocenters. The fraction of sp³-hybridized carbons (Fsp3) is 0.211. The lowest BCUT2D eigenvalue weighted by Crippen LogP contribution is -2.16. The molecular formula is C19H18ClN5. The molecule has 5 nitrogen and oxygen atoms in total. The lowest BCUT2D eigenvalue weighted by atomic mass is 9.98. The first-order valence-electron chi connectivity index (χ1n) is 8.09. The topological polar surface area (TPSA) is 46.3 Å². The second kappa shape index (κ2) is 6.43. The van der Waals surface area contributed by atoms with Crippen LogP contribution in [-0.4, -0.2) is 39.5 Å². The maximum absolute atomic E-state index is 6.55. The second-order valence-corrected chi connectivity index (χ2v) is 6.64. The Kier molecular flexibility index (Phi) is 4.11. The average molecular weight is 352 g/mol. The maximum Gasteiger partial charge on any atom is 0.159 e. The largest absolute Gasteiger partial charge is 0.290 e. The van der Waals surface area contributed by atoms with Gasteiger partial charge in [0, 0.05) is 11.1 Å². The van der Waals surface area contributed by atoms with Crippen LogP contribution in [-0.2, 0) is 6.54 Å². The van der Waals surface area contributed by atoms with Crippen molar-refractivity contribution in [3.05, 3.63) is 77.4 Å². The van der Waals surface area contributed by atoms with E-state index in [0.717, 1.165) is 33.9 Å². The molecule has 0 spiro atoms. The Labute approximate surface area is 151 Å². The van der Waals surface area contributed by atoms with Gasteiger partial charge in [-0.3, -0.25) is 14.5 Å². The summed E-state index contributed by atoms with van der Waals surface area (Å²) < 4.78 is 2.00. The van der Waals surface area contributed by atoms with Crippen molar-refractivity contribution >= 4 is 17.3 Å². The minimum Gasteiger partial charge on any atom is -0.290 e. The number of hydrogen-bond acceptors (Lipinski definition) is 4. The molecule has 0 radical (unpaired) electrons. The molecule has 0 aliphatic carbocycles. The highest BCUT2D eigenvalue weighted by molar-refractivity contribution is 6.21. The summed E-state index contributed by atoms with van der Waals surface area (Å²) in [5.41, 5.74) is 4.92. The van der Waals surface area contributed by atoms with E-state index in [0.29, 0.717) is 6.54 Å². The first-order chi connectivity index (χ1) is 12.1. The molecule has 2 aromatic carbocycles. The lowest BCUT2D eigenvalue weighted by molar-refractivity contribution is 0.384. The SMILES string of the molecule is CN(C)C(Cl)c1ccc2c(c1)C(c1ccccc1)=NCc1nncn1-2. The van der Waals surface area contributed by atoms with Gasteiger partial charge in [-0.2, -0.15) is 0 Å². The molecule has 0 fully saturated rings. The molecule has 4 rings (SSSR count). The Hall–Kier alpha value is -2.50. The van der Waals surface area contributed by atoms with Crippen LogP contribution in [0.25, 0.3) is 5.69 Å². The standard InChI is InChI=1S/C19H18ClN5/c1-24(2)19(20)14-8-9-16-15(10-14)18(13-6-4-3-5-7-13)21-11-17-23-22-12-25(16)17/h3-10,12,19H,11H2,1-2H3. The van der Waals surface area contributed by atoms with E-state index in [-0.39, 0.29) is 5.50 Å². The minimum atomic E-state index is -0.203. The molecule has 0 N–H and O–H groups in total. The predicted octanol–water partition coefficient (Wildman–Crippen LogP) is 3.42. The fourth-order valence-electron chi connectivity index (χ4n) is 3.05. The molecule has 1 aliphatic rings. The van der Waals surface area contributed by atoms with Crippen LogP contribution in [0.5, 0.6) is 0 Å². The molecular weight excluding hydrogens is 334 g/mol. The Morgan fingerprint density at radius 3 is 2.68 bits per heavy atom. The Morgan fingerprint density at radius 2 is 1.92 bits per heavy atom. The third-order valence-electron chi connectivity index (χ3n) is 4.31. The van der Waals surface area contributed by atoms with Gasteiger partial charge in [-0.05, 0) is 31.8 Å². The molecule has 25 heavy (non-hydrogen) atoms. The summed E-state index contributed by atoms with van der Waals surface area (Å²) in [5.74, 6) is 0.829. The van der Waals surface area contributed by atoms with Gasteiger partial charge in [0.2, 0.25) is 0 Å². The predicted molar refractivity (Wildman–Crippen MR) is 99.4 cm³/mol. The molecule has 3 aromatic rings. The fourth-order valence-corrected chi connectivity index (χ4v) is 3.18. The van der Waals surface area contributed by atoms with Gasteiger partial charge in [0.15, 0.2) is 5.82 Å². The van der Waals surface area contributed by atoms with Crippen molar-refractivity contribution in [3.8, 4) is 5.69 Å². The Bertz CT molecular complexity index is 930. The number of alkyl halides is 1. The van der Waals surface area contributed by atoms with E-state index in [2.05, 4.69) is 34.5 Å². The molecule has 0 amide bonds. The molecule has 2 heterocycles. The number of aromatic nitrogens is 3. The normalized spacial score (nSPS) is 14.5. The molecule has 0 bridgehead atoms. The summed E-state index contributed by atoms with van der Waals surface area (Å²) in [4.78, 5) is 6.81. The third kappa shape index (κ3) is 2.86. The molecule has 6 heteroatoms. The second-order valence-electron chi connectivity index (χ2n) is 6.22. The maximum atomic E-state index is 6.55. The van der Waals surface area contributed by atoms with Gasteiger partial charge in [0.25, 0.3) is 0 Å². The van der Waals surface area contributed by atoms with Gasteiger partial charge in [0.1, 0.15) is 18.4 Å². The van der Waals surface area contributed by atoms with E-state index in [4.69, 9.17) is 16.6 Å². The highest BCUT2D eigenvalue weighted by Gasteiger charge is 2.21. The van der Waals surface area contributed by atoms with Crippen molar-refractivity contribution in [1.29, 1.82) is 0 Å². The smallest absolute Gasteiger partial charge is 0.159 e. The number of benzene rings is 2. The van der Waals surface area contributed by atoms with Crippen molar-refractivity contribution in [2.24, 2.45) is 4.99 Å². The number of nitrogens with zero attached hydrogens (tertiary/aromatic N) is 5. The molecule has 1 aliphatic heterocycles. The summed E-state index contributed by atoms with van der Waals surface area (Å²) in [7, 11) is 3.93. The van der Waals surface area contributed by atoms with E-state index in [1.807, 2.05) is 47.8 Å². The highest BCUT2D eigenvalue weighted by Crippen LogP contribution is 2.30. The van der Waals surface area contributed by atoms with Gasteiger partial charge in [-0.15, -0.1) is 21.8 Å². The van der Waals surface area contributed by atoms with Crippen LogP contribution in [0.1, 0.15) is 28.0 Å². The molecule has 0 saturated carbocycles. The van der Waals surface area contributed by atoms with Crippen LogP contribution in [0, 0.1) is 0 Å². The number of aliphatic imine (C=N–C) groups is 1. The third-order valence-corrected chi connectivity index (χ3v) is 4.95. The van der Waals surface area contributed by atoms with Crippen LogP contribution in [0.3, 0.4) is 0 Å². The zero-order valence-electron chi connectivity index (χ0n) is 14.1. The van der Waals surface area contributed by atoms with E-state index in [1.54, 1.807) is 6.33 Å². The van der Waals surface area contributed by atoms with Crippen molar-refractivity contribution in [3.63, 3.8) is 0 Å². The highest BCUT2D eigenvalue weighted by atomic mass is 35.5. The van der Waals surface area contributed by atoms with Gasteiger partial charge < -0.3 is 0 Å². The molecule has 0 saturated heterocycles. The van der Waals surface area contributed by atoms with E-state index in [1.165, 1.54) is 0 Å². The summed E-state index contributed by atoms with van der Waals surface area (Å²) in [6.45, 7) is 0.492. The van der Waals surface area contributed by atoms with Crippen LogP contribution in [0.2, 0.25) is 0 Å². The van der Waals surface area contributed by atoms with Crippen LogP contribution >= 0.6 is 11.6 Å². The van der Waals surface area contributed by atoms with E-state index in [9.17, 15) is 0 Å². The van der Waals surface area contributed by atoms with Gasteiger partial charge in [0.05, 0.1) is 11.4 Å². The number of rotatable bonds is 3. The van der Waals surface area contributed by atoms with Gasteiger partial charge >= 0.3 is 0 Å². The summed E-state index contributed by atoms with van der Waals surface area (Å²) >= 11 is 6.55. The quantitative estimate of drug-likeness (QED) is 0.536. The molecule has 126 valence electrons. The van der Waals surface area contributed by atoms with Crippen molar-refractivity contribution < 1.29 is 0 Å². The summed E-state index contributed by atoms with van der Waals surface area (Å²) in [6.07, 6.45) is 1.74. The molecule has 1 unspecified atom stereocenters. The van der Waals surface area contributed by atoms with Crippen molar-refractivity contribution in [1.82, 2.24) is 19.7 Å². The monoisotopic (exact) mass is 351 g/mol. The average Bonchev–Trinajstić information content (AvgIpc) is 3.04. The Morgan fingerprint density at radius 1 is 1.12 bits per heavy atom. The first-order valence-corrected chi connectivity index (χ1v) is 8.53. The van der Waals surface area contributed by atoms with Gasteiger partial charge in [-0.25, -0.2) is 0 Å². The molecule has 1 aromatic heterocycles. The number of hydrogen-bond donors (Lipinski definition) is 0. The van der Waals surface area contributed by atoms with E-state index >= 15 is 0 Å². The van der Waals surface area contributed by atoms with Crippen molar-refractivity contribution in [2.45, 2.75) is 12.0 Å². The summed E-state index contributed by atoms with van der Waals surface area (Å²) in [5, 5.41) is 8.24. The zero-order valence-corrected chi connectivity index (χ0v) is 14.9.